The smallest absolute Gasteiger partial charge is 0.301 e. The van der Waals surface area contributed by atoms with Crippen LogP contribution in [0.25, 0.3) is 5.76 Å². The minimum absolute atomic E-state index is 0.0285. The van der Waals surface area contributed by atoms with E-state index in [0.717, 1.165) is 16.7 Å². The Morgan fingerprint density at radius 1 is 1.10 bits per heavy atom. The van der Waals surface area contributed by atoms with Gasteiger partial charge in [-0.25, -0.2) is 4.39 Å². The molecule has 0 spiro atoms. The third kappa shape index (κ3) is 5.94. The molecular weight excluding hydrogens is 561 g/mol. The second-order valence-electron chi connectivity index (χ2n) is 9.42. The average Bonchev–Trinajstić information content (AvgIpc) is 3.54. The average molecular weight is 588 g/mol. The third-order valence-corrected chi connectivity index (χ3v) is 8.66. The number of aromatic nitrogens is 2. The van der Waals surface area contributed by atoms with Gasteiger partial charge in [0.15, 0.2) is 4.34 Å². The Bertz CT molecular complexity index is 1650. The first-order valence-corrected chi connectivity index (χ1v) is 14.5. The number of carbonyl (C=O) groups excluding carboxylic acids is 2. The molecule has 208 valence electrons. The van der Waals surface area contributed by atoms with Gasteiger partial charge in [-0.1, -0.05) is 77.7 Å². The fourth-order valence-electron chi connectivity index (χ4n) is 4.47. The first kappa shape index (κ1) is 28.3. The van der Waals surface area contributed by atoms with Crippen molar-refractivity contribution in [2.75, 3.05) is 11.5 Å². The zero-order chi connectivity index (χ0) is 29.1. The van der Waals surface area contributed by atoms with Crippen LogP contribution in [0.5, 0.6) is 5.75 Å². The fourth-order valence-corrected chi connectivity index (χ4v) is 6.29. The Hall–Kier alpha value is -4.28. The van der Waals surface area contributed by atoms with Crippen molar-refractivity contribution in [3.8, 4) is 5.75 Å². The minimum atomic E-state index is -0.939. The van der Waals surface area contributed by atoms with Gasteiger partial charge in [0.05, 0.1) is 11.6 Å². The van der Waals surface area contributed by atoms with Gasteiger partial charge in [0, 0.05) is 11.3 Å². The van der Waals surface area contributed by atoms with Gasteiger partial charge >= 0.3 is 5.91 Å². The summed E-state index contributed by atoms with van der Waals surface area (Å²) in [5, 5.41) is 20.2. The highest BCUT2D eigenvalue weighted by molar-refractivity contribution is 8.00. The van der Waals surface area contributed by atoms with E-state index in [2.05, 4.69) is 16.8 Å². The predicted molar refractivity (Wildman–Crippen MR) is 159 cm³/mol. The second kappa shape index (κ2) is 12.1. The molecule has 0 aliphatic carbocycles. The fraction of sp³-hybridized carbons (Fsp3) is 0.161. The van der Waals surface area contributed by atoms with Crippen molar-refractivity contribution in [3.05, 3.63) is 119 Å². The van der Waals surface area contributed by atoms with Gasteiger partial charge in [-0.05, 0) is 60.9 Å². The maximum Gasteiger partial charge on any atom is 0.301 e. The number of hydrogen-bond donors (Lipinski definition) is 1. The molecule has 0 radical (unpaired) electrons. The highest BCUT2D eigenvalue weighted by Gasteiger charge is 2.48. The van der Waals surface area contributed by atoms with E-state index >= 15 is 0 Å². The van der Waals surface area contributed by atoms with Crippen LogP contribution in [0.3, 0.4) is 0 Å². The zero-order valence-corrected chi connectivity index (χ0v) is 24.0. The Labute approximate surface area is 245 Å². The van der Waals surface area contributed by atoms with Crippen molar-refractivity contribution < 1.29 is 23.8 Å². The lowest BCUT2D eigenvalue weighted by Gasteiger charge is -2.23. The summed E-state index contributed by atoms with van der Waals surface area (Å²) in [7, 11) is 0. The number of ether oxygens (including phenoxy) is 1. The number of halogens is 1. The first-order chi connectivity index (χ1) is 19.8. The van der Waals surface area contributed by atoms with E-state index in [4.69, 9.17) is 4.74 Å². The molecule has 1 aliphatic rings. The topological polar surface area (TPSA) is 92.6 Å². The number of aliphatic hydroxyl groups is 1. The normalized spacial score (nSPS) is 16.3. The largest absolute Gasteiger partial charge is 0.507 e. The van der Waals surface area contributed by atoms with Crippen molar-refractivity contribution in [1.82, 2.24) is 10.2 Å². The number of amides is 1. The van der Waals surface area contributed by atoms with Crippen LogP contribution in [0.1, 0.15) is 33.9 Å². The monoisotopic (exact) mass is 587 g/mol. The summed E-state index contributed by atoms with van der Waals surface area (Å²) in [6.45, 7) is 7.71. The van der Waals surface area contributed by atoms with E-state index in [9.17, 15) is 19.1 Å². The summed E-state index contributed by atoms with van der Waals surface area (Å²) in [6, 6.07) is 17.8. The summed E-state index contributed by atoms with van der Waals surface area (Å²) < 4.78 is 19.4. The molecule has 1 unspecified atom stereocenters. The van der Waals surface area contributed by atoms with Crippen molar-refractivity contribution in [3.63, 3.8) is 0 Å². The molecule has 7 nitrogen and oxygen atoms in total. The Morgan fingerprint density at radius 2 is 1.83 bits per heavy atom. The van der Waals surface area contributed by atoms with Crippen LogP contribution in [-0.2, 0) is 15.3 Å². The van der Waals surface area contributed by atoms with E-state index < -0.39 is 17.7 Å². The van der Waals surface area contributed by atoms with E-state index in [0.29, 0.717) is 33.6 Å². The van der Waals surface area contributed by atoms with Crippen LogP contribution in [0, 0.1) is 19.7 Å². The van der Waals surface area contributed by atoms with Crippen LogP contribution in [0.2, 0.25) is 0 Å². The summed E-state index contributed by atoms with van der Waals surface area (Å²) in [4.78, 5) is 28.3. The second-order valence-corrected chi connectivity index (χ2v) is 11.6. The Balaban J connectivity index is 1.55. The number of ketones is 1. The molecule has 0 bridgehead atoms. The maximum absolute atomic E-state index is 13.5. The van der Waals surface area contributed by atoms with Gasteiger partial charge in [-0.3, -0.25) is 14.5 Å². The van der Waals surface area contributed by atoms with Gasteiger partial charge in [-0.15, -0.1) is 10.2 Å². The maximum atomic E-state index is 13.5. The van der Waals surface area contributed by atoms with E-state index in [-0.39, 0.29) is 22.3 Å². The number of Topliss-reactive ketones (excluding diaryl/α,β-unsaturated/α-hetero) is 1. The quantitative estimate of drug-likeness (QED) is 0.0576. The molecule has 1 fully saturated rings. The number of carbonyl (C=O) groups is 2. The lowest BCUT2D eigenvalue weighted by atomic mass is 9.93. The standard InChI is InChI=1S/C31H26FN3O4S2/c1-4-15-39-23-13-9-21(10-14-23)26-25(27(36)24-16-18(2)5-6-19(24)3)28(37)29(38)35(26)30-33-34-31(41-30)40-17-20-7-11-22(32)12-8-20/h4-14,16,26,36H,1,15,17H2,2-3H3. The first-order valence-electron chi connectivity index (χ1n) is 12.7. The molecule has 1 aromatic heterocycles. The van der Waals surface area contributed by atoms with Crippen LogP contribution in [-0.4, -0.2) is 33.6 Å². The number of hydrogen-bond acceptors (Lipinski definition) is 8. The van der Waals surface area contributed by atoms with E-state index in [1.165, 1.54) is 40.1 Å². The highest BCUT2D eigenvalue weighted by Crippen LogP contribution is 2.44. The van der Waals surface area contributed by atoms with E-state index in [1.54, 1.807) is 48.5 Å². The molecule has 3 aromatic carbocycles. The number of anilines is 1. The minimum Gasteiger partial charge on any atom is -0.507 e. The van der Waals surface area contributed by atoms with Crippen LogP contribution in [0.15, 0.2) is 89.3 Å². The summed E-state index contributed by atoms with van der Waals surface area (Å²) in [6.07, 6.45) is 1.63. The summed E-state index contributed by atoms with van der Waals surface area (Å²) in [5.74, 6) is -1.06. The molecular formula is C31H26FN3O4S2. The van der Waals surface area contributed by atoms with Crippen molar-refractivity contribution >= 4 is 45.7 Å². The number of rotatable bonds is 9. The van der Waals surface area contributed by atoms with Gasteiger partial charge < -0.3 is 9.84 Å². The van der Waals surface area contributed by atoms with Gasteiger partial charge in [0.2, 0.25) is 5.13 Å². The SMILES string of the molecule is C=CCOc1ccc(C2C(=C(O)c3cc(C)ccc3C)C(=O)C(=O)N2c2nnc(SCc3ccc(F)cc3)s2)cc1. The molecule has 1 N–H and O–H groups in total. The summed E-state index contributed by atoms with van der Waals surface area (Å²) >= 11 is 2.55. The van der Waals surface area contributed by atoms with Crippen LogP contribution < -0.4 is 9.64 Å². The van der Waals surface area contributed by atoms with Crippen molar-refractivity contribution in [2.24, 2.45) is 0 Å². The number of aliphatic hydroxyl groups excluding tert-OH is 1. The molecule has 1 aliphatic heterocycles. The third-order valence-electron chi connectivity index (χ3n) is 6.53. The molecule has 2 heterocycles. The summed E-state index contributed by atoms with van der Waals surface area (Å²) in [5.41, 5.74) is 3.62. The van der Waals surface area contributed by atoms with Crippen LogP contribution in [0.4, 0.5) is 9.52 Å². The zero-order valence-electron chi connectivity index (χ0n) is 22.3. The lowest BCUT2D eigenvalue weighted by Crippen LogP contribution is -2.29. The molecule has 1 atom stereocenters. The molecule has 1 amide bonds. The lowest BCUT2D eigenvalue weighted by molar-refractivity contribution is -0.132. The van der Waals surface area contributed by atoms with Crippen molar-refractivity contribution in [1.29, 1.82) is 0 Å². The number of benzene rings is 3. The predicted octanol–water partition coefficient (Wildman–Crippen LogP) is 6.78. The van der Waals surface area contributed by atoms with Crippen LogP contribution >= 0.6 is 23.1 Å². The number of thioether (sulfide) groups is 1. The van der Waals surface area contributed by atoms with E-state index in [1.807, 2.05) is 26.0 Å². The Morgan fingerprint density at radius 3 is 2.54 bits per heavy atom. The molecule has 4 aromatic rings. The number of nitrogens with zero attached hydrogens (tertiary/aromatic N) is 3. The highest BCUT2D eigenvalue weighted by atomic mass is 32.2. The van der Waals surface area contributed by atoms with Crippen molar-refractivity contribution in [2.45, 2.75) is 30.0 Å². The molecule has 0 saturated carbocycles. The number of aryl methyl sites for hydroxylation is 2. The van der Waals surface area contributed by atoms with Gasteiger partial charge in [0.25, 0.3) is 5.78 Å². The van der Waals surface area contributed by atoms with Gasteiger partial charge in [0.1, 0.15) is 23.9 Å². The van der Waals surface area contributed by atoms with Gasteiger partial charge in [-0.2, -0.15) is 0 Å². The molecule has 5 rings (SSSR count). The molecule has 41 heavy (non-hydrogen) atoms. The molecule has 10 heteroatoms. The molecule has 1 saturated heterocycles. The Kier molecular flexibility index (Phi) is 8.32.